The Morgan fingerprint density at radius 1 is 0.886 bits per heavy atom. The van der Waals surface area contributed by atoms with Gasteiger partial charge in [-0.3, -0.25) is 0 Å². The smallest absolute Gasteiger partial charge is 0.336 e. The number of nitrogens with zero attached hydrogens (tertiary/aromatic N) is 5. The van der Waals surface area contributed by atoms with Crippen molar-refractivity contribution in [3.8, 4) is 0 Å². The number of nitrogens with one attached hydrogen (secondary N) is 5. The van der Waals surface area contributed by atoms with E-state index in [4.69, 9.17) is 0 Å². The lowest BCUT2D eigenvalue weighted by molar-refractivity contribution is 0.236. The molecule has 0 aliphatic carbocycles. The summed E-state index contributed by atoms with van der Waals surface area (Å²) >= 11 is 0. The second-order valence-corrected chi connectivity index (χ2v) is 8.52. The first kappa shape index (κ1) is 25.4. The Morgan fingerprint density at radius 2 is 1.49 bits per heavy atom. The van der Waals surface area contributed by atoms with Gasteiger partial charge < -0.3 is 26.6 Å². The Morgan fingerprint density at radius 3 is 2.09 bits per heavy atom. The molecular weight excluding hydrogens is 448 g/mol. The van der Waals surface area contributed by atoms with Gasteiger partial charge in [0.05, 0.1) is 0 Å². The molecule has 186 valence electrons. The number of carbonyl (C=O) groups is 2. The quantitative estimate of drug-likeness (QED) is 0.325. The van der Waals surface area contributed by atoms with Gasteiger partial charge in [0, 0.05) is 41.6 Å². The molecule has 3 rings (SSSR count). The summed E-state index contributed by atoms with van der Waals surface area (Å²) in [7, 11) is 0. The first-order valence-electron chi connectivity index (χ1n) is 11.5. The molecule has 12 heteroatoms. The van der Waals surface area contributed by atoms with E-state index in [0.29, 0.717) is 41.3 Å². The number of hydrogen-bond donors (Lipinski definition) is 5. The minimum absolute atomic E-state index is 0.00572. The molecule has 35 heavy (non-hydrogen) atoms. The van der Waals surface area contributed by atoms with Gasteiger partial charge in [0.1, 0.15) is 5.82 Å². The molecule has 12 nitrogen and oxygen atoms in total. The number of rotatable bonds is 8. The molecule has 0 saturated carbocycles. The van der Waals surface area contributed by atoms with Crippen LogP contribution < -0.4 is 26.6 Å². The summed E-state index contributed by atoms with van der Waals surface area (Å²) in [6.07, 6.45) is 0.601. The minimum Gasteiger partial charge on any atom is -0.336 e. The third-order valence-corrected chi connectivity index (χ3v) is 4.55. The van der Waals surface area contributed by atoms with Crippen LogP contribution in [0.5, 0.6) is 0 Å². The number of benzene rings is 1. The number of hydrogen-bond acceptors (Lipinski definition) is 8. The zero-order valence-electron chi connectivity index (χ0n) is 20.8. The van der Waals surface area contributed by atoms with Crippen LogP contribution in [0.2, 0.25) is 0 Å². The molecule has 2 heterocycles. The van der Waals surface area contributed by atoms with E-state index >= 15 is 0 Å². The van der Waals surface area contributed by atoms with Gasteiger partial charge >= 0.3 is 12.1 Å². The molecule has 0 radical (unpaired) electrons. The van der Waals surface area contributed by atoms with Crippen molar-refractivity contribution < 1.29 is 9.59 Å². The number of urea groups is 1. The molecule has 3 amide bonds. The summed E-state index contributed by atoms with van der Waals surface area (Å²) in [6.45, 7) is 11.3. The standard InChI is InChI=1S/C23H32N10O2/c1-7-18-28-20(26-16-8-10-17(11-9-16)27-22(34)24-13(2)3)31-21(29-18)30-19-12-15(6)33(32-19)23(35)25-14(4)5/h8-14H,7H2,1-6H3,(H,25,35)(H2,24,27,34)(H2,26,28,29,30,31,32). The molecule has 0 bridgehead atoms. The normalized spacial score (nSPS) is 10.9. The van der Waals surface area contributed by atoms with Gasteiger partial charge in [-0.2, -0.15) is 19.6 Å². The van der Waals surface area contributed by atoms with E-state index in [9.17, 15) is 9.59 Å². The van der Waals surface area contributed by atoms with Crippen molar-refractivity contribution >= 4 is 41.2 Å². The van der Waals surface area contributed by atoms with Crippen LogP contribution in [0.25, 0.3) is 0 Å². The van der Waals surface area contributed by atoms with E-state index in [-0.39, 0.29) is 24.1 Å². The molecule has 5 N–H and O–H groups in total. The fourth-order valence-electron chi connectivity index (χ4n) is 3.05. The lowest BCUT2D eigenvalue weighted by atomic mass is 10.3. The molecule has 1 aromatic carbocycles. The highest BCUT2D eigenvalue weighted by molar-refractivity contribution is 5.89. The van der Waals surface area contributed by atoms with E-state index < -0.39 is 0 Å². The lowest BCUT2D eigenvalue weighted by Gasteiger charge is -2.11. The topological polar surface area (TPSA) is 151 Å². The number of carbonyl (C=O) groups excluding carboxylic acids is 2. The molecule has 0 atom stereocenters. The third kappa shape index (κ3) is 7.39. The second-order valence-electron chi connectivity index (χ2n) is 8.52. The van der Waals surface area contributed by atoms with Gasteiger partial charge in [0.15, 0.2) is 5.82 Å². The average Bonchev–Trinajstić information content (AvgIpc) is 3.14. The maximum absolute atomic E-state index is 12.3. The first-order chi connectivity index (χ1) is 16.6. The fraction of sp³-hybridized carbons (Fsp3) is 0.391. The van der Waals surface area contributed by atoms with Gasteiger partial charge in [0.25, 0.3) is 0 Å². The highest BCUT2D eigenvalue weighted by Gasteiger charge is 2.14. The van der Waals surface area contributed by atoms with E-state index in [2.05, 4.69) is 46.6 Å². The maximum Gasteiger partial charge on any atom is 0.342 e. The molecular formula is C23H32N10O2. The van der Waals surface area contributed by atoms with E-state index in [1.807, 2.05) is 46.8 Å². The Hall–Kier alpha value is -4.22. The monoisotopic (exact) mass is 480 g/mol. The zero-order valence-corrected chi connectivity index (χ0v) is 20.8. The van der Waals surface area contributed by atoms with Gasteiger partial charge in [-0.25, -0.2) is 9.59 Å². The summed E-state index contributed by atoms with van der Waals surface area (Å²) in [5.74, 6) is 1.68. The number of anilines is 5. The largest absolute Gasteiger partial charge is 0.342 e. The lowest BCUT2D eigenvalue weighted by Crippen LogP contribution is -2.35. The van der Waals surface area contributed by atoms with Crippen molar-refractivity contribution in [2.24, 2.45) is 0 Å². The van der Waals surface area contributed by atoms with Crippen molar-refractivity contribution in [2.75, 3.05) is 16.0 Å². The highest BCUT2D eigenvalue weighted by Crippen LogP contribution is 2.19. The predicted molar refractivity (Wildman–Crippen MR) is 136 cm³/mol. The summed E-state index contributed by atoms with van der Waals surface area (Å²) in [6, 6.07) is 8.39. The maximum atomic E-state index is 12.3. The van der Waals surface area contributed by atoms with Gasteiger partial charge in [-0.05, 0) is 58.9 Å². The number of amides is 3. The van der Waals surface area contributed by atoms with Gasteiger partial charge in [-0.15, -0.1) is 5.10 Å². The van der Waals surface area contributed by atoms with Crippen LogP contribution in [0.1, 0.15) is 46.1 Å². The van der Waals surface area contributed by atoms with E-state index in [1.54, 1.807) is 25.1 Å². The SMILES string of the molecule is CCc1nc(Nc2ccc(NC(=O)NC(C)C)cc2)nc(Nc2cc(C)n(C(=O)NC(C)C)n2)n1. The van der Waals surface area contributed by atoms with Crippen LogP contribution in [0.4, 0.5) is 38.7 Å². The molecule has 0 aliphatic rings. The Labute approximate surface area is 204 Å². The van der Waals surface area contributed by atoms with Crippen LogP contribution in [0.3, 0.4) is 0 Å². The summed E-state index contributed by atoms with van der Waals surface area (Å²) < 4.78 is 1.29. The number of aryl methyl sites for hydroxylation is 2. The average molecular weight is 481 g/mol. The molecule has 0 spiro atoms. The Bertz CT molecular complexity index is 1170. The molecule has 2 aromatic heterocycles. The van der Waals surface area contributed by atoms with Crippen molar-refractivity contribution in [3.63, 3.8) is 0 Å². The van der Waals surface area contributed by atoms with Crippen LogP contribution in [-0.4, -0.2) is 48.9 Å². The molecule has 3 aromatic rings. The molecule has 0 saturated heterocycles. The van der Waals surface area contributed by atoms with Crippen LogP contribution in [0, 0.1) is 6.92 Å². The van der Waals surface area contributed by atoms with Crippen molar-refractivity contribution in [1.82, 2.24) is 35.4 Å². The predicted octanol–water partition coefficient (Wildman–Crippen LogP) is 3.92. The van der Waals surface area contributed by atoms with E-state index in [0.717, 1.165) is 5.69 Å². The van der Waals surface area contributed by atoms with Crippen molar-refractivity contribution in [3.05, 3.63) is 41.9 Å². The highest BCUT2D eigenvalue weighted by atomic mass is 16.2. The van der Waals surface area contributed by atoms with Crippen molar-refractivity contribution in [1.29, 1.82) is 0 Å². The Kier molecular flexibility index (Phi) is 8.18. The Balaban J connectivity index is 1.72. The van der Waals surface area contributed by atoms with Crippen LogP contribution in [0.15, 0.2) is 30.3 Å². The van der Waals surface area contributed by atoms with Gasteiger partial charge in [0.2, 0.25) is 11.9 Å². The molecule has 0 aliphatic heterocycles. The second kappa shape index (κ2) is 11.3. The minimum atomic E-state index is -0.308. The molecule has 0 fully saturated rings. The summed E-state index contributed by atoms with van der Waals surface area (Å²) in [5.41, 5.74) is 2.07. The summed E-state index contributed by atoms with van der Waals surface area (Å²) in [4.78, 5) is 37.5. The van der Waals surface area contributed by atoms with Crippen molar-refractivity contribution in [2.45, 2.75) is 60.0 Å². The third-order valence-electron chi connectivity index (χ3n) is 4.55. The van der Waals surface area contributed by atoms with Crippen LogP contribution >= 0.6 is 0 Å². The van der Waals surface area contributed by atoms with Crippen LogP contribution in [-0.2, 0) is 6.42 Å². The fourth-order valence-corrected chi connectivity index (χ4v) is 3.05. The molecule has 0 unspecified atom stereocenters. The van der Waals surface area contributed by atoms with Gasteiger partial charge in [-0.1, -0.05) is 6.92 Å². The first-order valence-corrected chi connectivity index (χ1v) is 11.5. The number of aromatic nitrogens is 5. The zero-order chi connectivity index (χ0) is 25.5. The summed E-state index contributed by atoms with van der Waals surface area (Å²) in [5, 5.41) is 18.9. The van der Waals surface area contributed by atoms with E-state index in [1.165, 1.54) is 4.68 Å².